The average Bonchev–Trinajstić information content (AvgIpc) is 2.38. The molecule has 0 unspecified atom stereocenters. The fourth-order valence-electron chi connectivity index (χ4n) is 1.53. The van der Waals surface area contributed by atoms with Crippen LogP contribution in [0, 0.1) is 0 Å². The summed E-state index contributed by atoms with van der Waals surface area (Å²) >= 11 is 6.07. The zero-order chi connectivity index (χ0) is 12.1. The fraction of sp³-hybridized carbons (Fsp3) is 0.133. The lowest BCUT2D eigenvalue weighted by Gasteiger charge is -1.98. The Hall–Kier alpha value is -1.60. The second-order valence-corrected chi connectivity index (χ2v) is 4.21. The molecule has 0 fully saturated rings. The van der Waals surface area contributed by atoms with Crippen molar-refractivity contribution in [1.82, 2.24) is 4.98 Å². The molecule has 0 amide bonds. The highest BCUT2D eigenvalue weighted by molar-refractivity contribution is 6.32. The normalized spacial score (nSPS) is 10.9. The summed E-state index contributed by atoms with van der Waals surface area (Å²) in [6, 6.07) is 11.9. The third-order valence-corrected chi connectivity index (χ3v) is 2.94. The Labute approximate surface area is 107 Å². The van der Waals surface area contributed by atoms with E-state index < -0.39 is 0 Å². The molecule has 86 valence electrons. The van der Waals surface area contributed by atoms with Crippen LogP contribution in [0.25, 0.3) is 12.2 Å². The Morgan fingerprint density at radius 2 is 1.94 bits per heavy atom. The Bertz CT molecular complexity index is 515. The summed E-state index contributed by atoms with van der Waals surface area (Å²) in [5.41, 5.74) is 3.21. The predicted octanol–water partition coefficient (Wildman–Crippen LogP) is 4.47. The SMILES string of the molecule is CCc1ccc(/C=C/c2ccccc2Cl)nc1. The molecule has 2 rings (SSSR count). The van der Waals surface area contributed by atoms with Crippen LogP contribution in [0.3, 0.4) is 0 Å². The van der Waals surface area contributed by atoms with Gasteiger partial charge in [-0.05, 0) is 35.8 Å². The predicted molar refractivity (Wildman–Crippen MR) is 74.0 cm³/mol. The van der Waals surface area contributed by atoms with E-state index in [-0.39, 0.29) is 0 Å². The number of nitrogens with zero attached hydrogens (tertiary/aromatic N) is 1. The van der Waals surface area contributed by atoms with Crippen molar-refractivity contribution < 1.29 is 0 Å². The van der Waals surface area contributed by atoms with E-state index in [1.165, 1.54) is 5.56 Å². The lowest BCUT2D eigenvalue weighted by molar-refractivity contribution is 1.10. The molecule has 1 nitrogen and oxygen atoms in total. The highest BCUT2D eigenvalue weighted by Crippen LogP contribution is 2.17. The number of aromatic nitrogens is 1. The molecule has 0 aliphatic carbocycles. The second kappa shape index (κ2) is 5.65. The summed E-state index contributed by atoms with van der Waals surface area (Å²) < 4.78 is 0. The maximum Gasteiger partial charge on any atom is 0.0630 e. The van der Waals surface area contributed by atoms with Crippen molar-refractivity contribution in [1.29, 1.82) is 0 Å². The molecule has 0 atom stereocenters. The van der Waals surface area contributed by atoms with Gasteiger partial charge in [0.15, 0.2) is 0 Å². The van der Waals surface area contributed by atoms with Crippen LogP contribution < -0.4 is 0 Å². The summed E-state index contributed by atoms with van der Waals surface area (Å²) in [7, 11) is 0. The van der Waals surface area contributed by atoms with Gasteiger partial charge in [-0.15, -0.1) is 0 Å². The van der Waals surface area contributed by atoms with Gasteiger partial charge in [0.2, 0.25) is 0 Å². The molecule has 0 saturated heterocycles. The maximum atomic E-state index is 6.07. The van der Waals surface area contributed by atoms with Gasteiger partial charge >= 0.3 is 0 Å². The first-order valence-corrected chi connectivity index (χ1v) is 6.05. The number of hydrogen-bond acceptors (Lipinski definition) is 1. The van der Waals surface area contributed by atoms with Gasteiger partial charge in [-0.25, -0.2) is 0 Å². The Kier molecular flexibility index (Phi) is 3.94. The van der Waals surface area contributed by atoms with Gasteiger partial charge in [0.1, 0.15) is 0 Å². The van der Waals surface area contributed by atoms with Crippen LogP contribution in [-0.4, -0.2) is 4.98 Å². The van der Waals surface area contributed by atoms with E-state index >= 15 is 0 Å². The van der Waals surface area contributed by atoms with Crippen molar-refractivity contribution in [2.45, 2.75) is 13.3 Å². The lowest BCUT2D eigenvalue weighted by atomic mass is 10.1. The molecule has 2 aromatic rings. The maximum absolute atomic E-state index is 6.07. The van der Waals surface area contributed by atoms with Crippen LogP contribution in [-0.2, 0) is 6.42 Å². The van der Waals surface area contributed by atoms with Gasteiger partial charge in [0, 0.05) is 11.2 Å². The highest BCUT2D eigenvalue weighted by atomic mass is 35.5. The van der Waals surface area contributed by atoms with Crippen LogP contribution in [0.5, 0.6) is 0 Å². The van der Waals surface area contributed by atoms with E-state index in [4.69, 9.17) is 11.6 Å². The number of hydrogen-bond donors (Lipinski definition) is 0. The number of rotatable bonds is 3. The Balaban J connectivity index is 2.17. The van der Waals surface area contributed by atoms with Gasteiger partial charge < -0.3 is 0 Å². The molecule has 2 heteroatoms. The molecule has 0 N–H and O–H groups in total. The quantitative estimate of drug-likeness (QED) is 0.775. The van der Waals surface area contributed by atoms with Gasteiger partial charge in [-0.2, -0.15) is 0 Å². The smallest absolute Gasteiger partial charge is 0.0630 e. The van der Waals surface area contributed by atoms with Crippen LogP contribution >= 0.6 is 11.6 Å². The van der Waals surface area contributed by atoms with E-state index in [1.54, 1.807) is 0 Å². The average molecular weight is 244 g/mol. The summed E-state index contributed by atoms with van der Waals surface area (Å²) in [6.45, 7) is 2.12. The molecule has 0 aliphatic heterocycles. The molecule has 1 aromatic carbocycles. The first kappa shape index (κ1) is 11.9. The molecule has 17 heavy (non-hydrogen) atoms. The number of benzene rings is 1. The first-order valence-electron chi connectivity index (χ1n) is 5.67. The van der Waals surface area contributed by atoms with E-state index in [0.717, 1.165) is 22.7 Å². The molecule has 0 bridgehead atoms. The van der Waals surface area contributed by atoms with Gasteiger partial charge in [-0.3, -0.25) is 4.98 Å². The van der Waals surface area contributed by atoms with Crippen molar-refractivity contribution >= 4 is 23.8 Å². The van der Waals surface area contributed by atoms with Crippen molar-refractivity contribution in [3.8, 4) is 0 Å². The monoisotopic (exact) mass is 243 g/mol. The summed E-state index contributed by atoms with van der Waals surface area (Å²) in [5.74, 6) is 0. The highest BCUT2D eigenvalue weighted by Gasteiger charge is 1.94. The Morgan fingerprint density at radius 3 is 2.59 bits per heavy atom. The zero-order valence-corrected chi connectivity index (χ0v) is 10.5. The van der Waals surface area contributed by atoms with E-state index in [1.807, 2.05) is 48.7 Å². The minimum absolute atomic E-state index is 0.758. The third kappa shape index (κ3) is 3.18. The van der Waals surface area contributed by atoms with Crippen LogP contribution in [0.1, 0.15) is 23.7 Å². The standard InChI is InChI=1S/C15H14ClN/c1-2-12-7-9-14(17-11-12)10-8-13-5-3-4-6-15(13)16/h3-11H,2H2,1H3/b10-8+. The van der Waals surface area contributed by atoms with E-state index in [0.29, 0.717) is 0 Å². The molecule has 0 saturated carbocycles. The van der Waals surface area contributed by atoms with Crippen LogP contribution in [0.4, 0.5) is 0 Å². The molecular weight excluding hydrogens is 230 g/mol. The second-order valence-electron chi connectivity index (χ2n) is 3.80. The van der Waals surface area contributed by atoms with Crippen molar-refractivity contribution in [2.75, 3.05) is 0 Å². The number of halogens is 1. The fourth-order valence-corrected chi connectivity index (χ4v) is 1.73. The van der Waals surface area contributed by atoms with Gasteiger partial charge in [0.05, 0.1) is 5.69 Å². The minimum Gasteiger partial charge on any atom is -0.257 e. The first-order chi connectivity index (χ1) is 8.29. The largest absolute Gasteiger partial charge is 0.257 e. The summed E-state index contributed by atoms with van der Waals surface area (Å²) in [6.07, 6.45) is 6.88. The van der Waals surface area contributed by atoms with Crippen molar-refractivity contribution in [3.05, 3.63) is 64.4 Å². The van der Waals surface area contributed by atoms with Crippen molar-refractivity contribution in [3.63, 3.8) is 0 Å². The summed E-state index contributed by atoms with van der Waals surface area (Å²) in [5, 5.41) is 0.758. The van der Waals surface area contributed by atoms with E-state index in [2.05, 4.69) is 18.0 Å². The Morgan fingerprint density at radius 1 is 1.12 bits per heavy atom. The molecule has 0 aliphatic rings. The van der Waals surface area contributed by atoms with Crippen molar-refractivity contribution in [2.24, 2.45) is 0 Å². The van der Waals surface area contributed by atoms with E-state index in [9.17, 15) is 0 Å². The lowest BCUT2D eigenvalue weighted by Crippen LogP contribution is -1.84. The molecule has 0 radical (unpaired) electrons. The minimum atomic E-state index is 0.758. The number of aryl methyl sites for hydroxylation is 1. The van der Waals surface area contributed by atoms with Crippen LogP contribution in [0.15, 0.2) is 42.6 Å². The number of pyridine rings is 1. The topological polar surface area (TPSA) is 12.9 Å². The van der Waals surface area contributed by atoms with Gasteiger partial charge in [0.25, 0.3) is 0 Å². The summed E-state index contributed by atoms with van der Waals surface area (Å²) in [4.78, 5) is 4.36. The van der Waals surface area contributed by atoms with Gasteiger partial charge in [-0.1, -0.05) is 48.9 Å². The third-order valence-electron chi connectivity index (χ3n) is 2.59. The molecule has 1 heterocycles. The molecular formula is C15H14ClN. The molecule has 0 spiro atoms. The van der Waals surface area contributed by atoms with Crippen LogP contribution in [0.2, 0.25) is 5.02 Å². The molecule has 1 aromatic heterocycles. The zero-order valence-electron chi connectivity index (χ0n) is 9.73.